The number of hydrogen-bond donors (Lipinski definition) is 2. The van der Waals surface area contributed by atoms with Gasteiger partial charge in [0.25, 0.3) is 0 Å². The Morgan fingerprint density at radius 2 is 1.66 bits per heavy atom. The molecule has 1 atom stereocenters. The molecule has 0 saturated heterocycles. The summed E-state index contributed by atoms with van der Waals surface area (Å²) in [6, 6.07) is 7.46. The van der Waals surface area contributed by atoms with E-state index in [0.29, 0.717) is 19.3 Å². The highest BCUT2D eigenvalue weighted by Gasteiger charge is 2.29. The lowest BCUT2D eigenvalue weighted by Crippen LogP contribution is -2.32. The molecule has 1 aliphatic rings. The van der Waals surface area contributed by atoms with Crippen molar-refractivity contribution in [3.05, 3.63) is 29.8 Å². The molecule has 0 heterocycles. The molecule has 3 amide bonds. The van der Waals surface area contributed by atoms with Crippen molar-refractivity contribution in [1.29, 1.82) is 0 Å². The summed E-state index contributed by atoms with van der Waals surface area (Å²) in [5.74, 6) is 0.355. The lowest BCUT2D eigenvalue weighted by atomic mass is 10.1. The first kappa shape index (κ1) is 22.9. The predicted octanol–water partition coefficient (Wildman–Crippen LogP) is 4.03. The van der Waals surface area contributed by atoms with Crippen LogP contribution in [0.15, 0.2) is 24.3 Å². The molecule has 29 heavy (non-hydrogen) atoms. The average Bonchev–Trinajstić information content (AvgIpc) is 3.53. The quantitative estimate of drug-likeness (QED) is 0.555. The number of hydrogen-bond acceptors (Lipinski definition) is 3. The molecule has 0 aromatic heterocycles. The van der Waals surface area contributed by atoms with Gasteiger partial charge in [0.15, 0.2) is 0 Å². The predicted molar refractivity (Wildman–Crippen MR) is 115 cm³/mol. The van der Waals surface area contributed by atoms with Crippen LogP contribution in [-0.4, -0.2) is 35.7 Å². The van der Waals surface area contributed by atoms with Gasteiger partial charge in [-0.25, -0.2) is 0 Å². The Hall–Kier alpha value is -2.37. The second-order valence-corrected chi connectivity index (χ2v) is 7.91. The fourth-order valence-electron chi connectivity index (χ4n) is 3.30. The molecule has 1 aromatic rings. The summed E-state index contributed by atoms with van der Waals surface area (Å²) in [4.78, 5) is 38.2. The topological polar surface area (TPSA) is 78.5 Å². The Morgan fingerprint density at radius 3 is 2.21 bits per heavy atom. The molecule has 0 aliphatic heterocycles. The number of benzene rings is 1. The Balaban J connectivity index is 1.72. The van der Waals surface area contributed by atoms with Gasteiger partial charge in [-0.05, 0) is 56.7 Å². The van der Waals surface area contributed by atoms with Crippen LogP contribution in [0.3, 0.4) is 0 Å². The summed E-state index contributed by atoms with van der Waals surface area (Å²) in [5, 5.41) is 5.90. The molecule has 0 radical (unpaired) electrons. The number of amides is 3. The number of rotatable bonds is 12. The molecule has 1 fully saturated rings. The van der Waals surface area contributed by atoms with E-state index in [2.05, 4.69) is 24.5 Å². The van der Waals surface area contributed by atoms with Gasteiger partial charge in [-0.3, -0.25) is 14.4 Å². The number of carbonyl (C=O) groups excluding carboxylic acids is 3. The molecular weight excluding hydrogens is 366 g/mol. The summed E-state index contributed by atoms with van der Waals surface area (Å²) < 4.78 is 0. The van der Waals surface area contributed by atoms with E-state index < -0.39 is 0 Å². The Bertz CT molecular complexity index is 677. The lowest BCUT2D eigenvalue weighted by Gasteiger charge is -2.21. The maximum Gasteiger partial charge on any atom is 0.227 e. The van der Waals surface area contributed by atoms with Crippen LogP contribution in [-0.2, 0) is 14.4 Å². The van der Waals surface area contributed by atoms with Gasteiger partial charge in [0.05, 0.1) is 6.04 Å². The third-order valence-corrected chi connectivity index (χ3v) is 5.14. The van der Waals surface area contributed by atoms with E-state index in [1.165, 1.54) is 0 Å². The molecule has 1 aromatic carbocycles. The highest BCUT2D eigenvalue weighted by Crippen LogP contribution is 2.30. The molecule has 0 spiro atoms. The van der Waals surface area contributed by atoms with Crippen molar-refractivity contribution in [2.75, 3.05) is 18.4 Å². The summed E-state index contributed by atoms with van der Waals surface area (Å²) in [5.41, 5.74) is 1.77. The maximum absolute atomic E-state index is 12.3. The zero-order chi connectivity index (χ0) is 21.2. The molecular formula is C23H35N3O3. The lowest BCUT2D eigenvalue weighted by molar-refractivity contribution is -0.131. The highest BCUT2D eigenvalue weighted by molar-refractivity contribution is 5.94. The summed E-state index contributed by atoms with van der Waals surface area (Å²) >= 11 is 0. The van der Waals surface area contributed by atoms with Gasteiger partial charge in [-0.15, -0.1) is 0 Å². The van der Waals surface area contributed by atoms with Crippen molar-refractivity contribution >= 4 is 23.4 Å². The number of carbonyl (C=O) groups is 3. The van der Waals surface area contributed by atoms with Crippen LogP contribution in [0, 0.1) is 5.92 Å². The first-order valence-corrected chi connectivity index (χ1v) is 10.9. The van der Waals surface area contributed by atoms with Crippen molar-refractivity contribution in [2.45, 2.75) is 71.8 Å². The van der Waals surface area contributed by atoms with Crippen LogP contribution < -0.4 is 10.6 Å². The average molecular weight is 402 g/mol. The molecule has 6 heteroatoms. The Kier molecular flexibility index (Phi) is 9.16. The van der Waals surface area contributed by atoms with Gasteiger partial charge >= 0.3 is 0 Å². The molecule has 2 rings (SSSR count). The molecule has 0 bridgehead atoms. The SMILES string of the molecule is CCCN(CCC)C(=O)CCCC(=O)NC(C)c1ccc(NC(=O)C2CC2)cc1. The smallest absolute Gasteiger partial charge is 0.227 e. The van der Waals surface area contributed by atoms with Crippen LogP contribution in [0.25, 0.3) is 0 Å². The van der Waals surface area contributed by atoms with Crippen LogP contribution in [0.4, 0.5) is 5.69 Å². The van der Waals surface area contributed by atoms with Crippen LogP contribution >= 0.6 is 0 Å². The molecule has 1 aliphatic carbocycles. The second-order valence-electron chi connectivity index (χ2n) is 7.91. The van der Waals surface area contributed by atoms with Crippen LogP contribution in [0.5, 0.6) is 0 Å². The van der Waals surface area contributed by atoms with Crippen molar-refractivity contribution in [1.82, 2.24) is 10.2 Å². The highest BCUT2D eigenvalue weighted by atomic mass is 16.2. The fourth-order valence-corrected chi connectivity index (χ4v) is 3.30. The molecule has 2 N–H and O–H groups in total. The minimum atomic E-state index is -0.122. The standard InChI is InChI=1S/C23H35N3O3/c1-4-15-26(16-5-2)22(28)8-6-7-21(27)24-17(3)18-11-13-20(14-12-18)25-23(29)19-9-10-19/h11-14,17,19H,4-10,15-16H2,1-3H3,(H,24,27)(H,25,29). The van der Waals surface area contributed by atoms with E-state index in [-0.39, 0.29) is 29.7 Å². The zero-order valence-corrected chi connectivity index (χ0v) is 18.0. The largest absolute Gasteiger partial charge is 0.350 e. The summed E-state index contributed by atoms with van der Waals surface area (Å²) in [6.07, 6.45) is 5.18. The molecule has 1 saturated carbocycles. The van der Waals surface area contributed by atoms with Gasteiger partial charge in [0, 0.05) is 37.5 Å². The second kappa shape index (κ2) is 11.6. The fraction of sp³-hybridized carbons (Fsp3) is 0.609. The number of anilines is 1. The maximum atomic E-state index is 12.3. The zero-order valence-electron chi connectivity index (χ0n) is 18.0. The van der Waals surface area contributed by atoms with Gasteiger partial charge in [-0.1, -0.05) is 26.0 Å². The first-order chi connectivity index (χ1) is 13.9. The summed E-state index contributed by atoms with van der Waals surface area (Å²) in [6.45, 7) is 7.64. The molecule has 1 unspecified atom stereocenters. The van der Waals surface area contributed by atoms with Crippen molar-refractivity contribution in [3.63, 3.8) is 0 Å². The normalized spacial score (nSPS) is 14.2. The molecule has 6 nitrogen and oxygen atoms in total. The first-order valence-electron chi connectivity index (χ1n) is 10.9. The van der Waals surface area contributed by atoms with Crippen LogP contribution in [0.1, 0.15) is 77.3 Å². The van der Waals surface area contributed by atoms with Gasteiger partial charge in [0.2, 0.25) is 17.7 Å². The van der Waals surface area contributed by atoms with E-state index in [9.17, 15) is 14.4 Å². The van der Waals surface area contributed by atoms with E-state index in [4.69, 9.17) is 0 Å². The minimum absolute atomic E-state index is 0.0473. The van der Waals surface area contributed by atoms with E-state index in [0.717, 1.165) is 50.0 Å². The van der Waals surface area contributed by atoms with E-state index in [1.54, 1.807) is 0 Å². The Labute approximate surface area is 174 Å². The van der Waals surface area contributed by atoms with Crippen molar-refractivity contribution in [3.8, 4) is 0 Å². The van der Waals surface area contributed by atoms with E-state index in [1.807, 2.05) is 36.1 Å². The number of nitrogens with one attached hydrogen (secondary N) is 2. The van der Waals surface area contributed by atoms with Crippen molar-refractivity contribution < 1.29 is 14.4 Å². The number of nitrogens with zero attached hydrogens (tertiary/aromatic N) is 1. The molecule has 160 valence electrons. The van der Waals surface area contributed by atoms with Gasteiger partial charge < -0.3 is 15.5 Å². The summed E-state index contributed by atoms with van der Waals surface area (Å²) in [7, 11) is 0. The van der Waals surface area contributed by atoms with Crippen molar-refractivity contribution in [2.24, 2.45) is 5.92 Å². The Morgan fingerprint density at radius 1 is 1.03 bits per heavy atom. The van der Waals surface area contributed by atoms with Gasteiger partial charge in [-0.2, -0.15) is 0 Å². The van der Waals surface area contributed by atoms with E-state index >= 15 is 0 Å². The monoisotopic (exact) mass is 401 g/mol. The minimum Gasteiger partial charge on any atom is -0.350 e. The van der Waals surface area contributed by atoms with Gasteiger partial charge in [0.1, 0.15) is 0 Å². The third kappa shape index (κ3) is 7.87. The third-order valence-electron chi connectivity index (χ3n) is 5.14. The van der Waals surface area contributed by atoms with Crippen LogP contribution in [0.2, 0.25) is 0 Å².